The number of nitrogen functional groups attached to an aromatic ring is 1. The van der Waals surface area contributed by atoms with Gasteiger partial charge in [-0.2, -0.15) is 0 Å². The number of sulfone groups is 1. The van der Waals surface area contributed by atoms with Gasteiger partial charge < -0.3 is 10.7 Å². The fraction of sp³-hybridized carbons (Fsp3) is 0.167. The lowest BCUT2D eigenvalue weighted by molar-refractivity contribution is 0.0991. The van der Waals surface area contributed by atoms with Crippen molar-refractivity contribution in [2.24, 2.45) is 0 Å². The van der Waals surface area contributed by atoms with Crippen molar-refractivity contribution in [3.05, 3.63) is 42.0 Å². The molecule has 19 heavy (non-hydrogen) atoms. The molecule has 0 saturated carbocycles. The fourth-order valence-corrected chi connectivity index (χ4v) is 2.34. The molecule has 0 aliphatic carbocycles. The number of anilines is 1. The molecule has 0 aliphatic rings. The van der Waals surface area contributed by atoms with E-state index < -0.39 is 9.84 Å². The number of imidazole rings is 1. The summed E-state index contributed by atoms with van der Waals surface area (Å²) in [7, 11) is -3.40. The SMILES string of the molecule is CS(=O)(=O)c1cc(N)cc(C(=O)Cc2ncc[nH]2)c1. The third-order valence-electron chi connectivity index (χ3n) is 2.56. The van der Waals surface area contributed by atoms with Crippen LogP contribution in [0.5, 0.6) is 0 Å². The highest BCUT2D eigenvalue weighted by atomic mass is 32.2. The average molecular weight is 279 g/mol. The third kappa shape index (κ3) is 3.19. The second-order valence-electron chi connectivity index (χ2n) is 4.20. The van der Waals surface area contributed by atoms with Gasteiger partial charge >= 0.3 is 0 Å². The number of aromatic nitrogens is 2. The standard InChI is InChI=1S/C12H13N3O3S/c1-19(17,18)10-5-8(4-9(13)6-10)11(16)7-12-14-2-3-15-12/h2-6H,7,13H2,1H3,(H,14,15). The van der Waals surface area contributed by atoms with Gasteiger partial charge in [-0.3, -0.25) is 4.79 Å². The summed E-state index contributed by atoms with van der Waals surface area (Å²) in [5, 5.41) is 0. The number of nitrogens with one attached hydrogen (secondary N) is 1. The summed E-state index contributed by atoms with van der Waals surface area (Å²) in [5.74, 6) is 0.278. The van der Waals surface area contributed by atoms with Crippen LogP contribution in [0.25, 0.3) is 0 Å². The molecule has 0 saturated heterocycles. The van der Waals surface area contributed by atoms with Gasteiger partial charge in [-0.05, 0) is 18.2 Å². The Morgan fingerprint density at radius 2 is 2.11 bits per heavy atom. The molecule has 2 rings (SSSR count). The first-order valence-corrected chi connectivity index (χ1v) is 7.37. The number of nitrogens with zero attached hydrogens (tertiary/aromatic N) is 1. The van der Waals surface area contributed by atoms with Crippen molar-refractivity contribution in [2.75, 3.05) is 12.0 Å². The number of benzene rings is 1. The molecular weight excluding hydrogens is 266 g/mol. The predicted molar refractivity (Wildman–Crippen MR) is 70.6 cm³/mol. The number of carbonyl (C=O) groups is 1. The topological polar surface area (TPSA) is 106 Å². The molecule has 1 heterocycles. The number of rotatable bonds is 4. The van der Waals surface area contributed by atoms with E-state index in [2.05, 4.69) is 9.97 Å². The van der Waals surface area contributed by atoms with Gasteiger partial charge in [0.1, 0.15) is 5.82 Å². The second-order valence-corrected chi connectivity index (χ2v) is 6.21. The summed E-state index contributed by atoms with van der Waals surface area (Å²) < 4.78 is 23.0. The monoisotopic (exact) mass is 279 g/mol. The Hall–Kier alpha value is -2.15. The lowest BCUT2D eigenvalue weighted by atomic mass is 10.1. The lowest BCUT2D eigenvalue weighted by Crippen LogP contribution is -2.08. The molecule has 0 amide bonds. The van der Waals surface area contributed by atoms with Gasteiger partial charge in [-0.25, -0.2) is 13.4 Å². The maximum atomic E-state index is 12.0. The van der Waals surface area contributed by atoms with Gasteiger partial charge in [-0.15, -0.1) is 0 Å². The molecule has 0 aliphatic heterocycles. The molecule has 100 valence electrons. The average Bonchev–Trinajstić information content (AvgIpc) is 2.79. The van der Waals surface area contributed by atoms with Crippen LogP contribution in [0.4, 0.5) is 5.69 Å². The summed E-state index contributed by atoms with van der Waals surface area (Å²) in [6.45, 7) is 0. The molecule has 0 unspecified atom stereocenters. The summed E-state index contributed by atoms with van der Waals surface area (Å²) >= 11 is 0. The zero-order valence-electron chi connectivity index (χ0n) is 10.3. The van der Waals surface area contributed by atoms with E-state index in [0.29, 0.717) is 5.82 Å². The number of nitrogens with two attached hydrogens (primary N) is 1. The van der Waals surface area contributed by atoms with Crippen molar-refractivity contribution in [1.82, 2.24) is 9.97 Å². The van der Waals surface area contributed by atoms with Crippen LogP contribution >= 0.6 is 0 Å². The Balaban J connectivity index is 2.35. The summed E-state index contributed by atoms with van der Waals surface area (Å²) in [6.07, 6.45) is 4.30. The number of H-pyrrole nitrogens is 1. The third-order valence-corrected chi connectivity index (χ3v) is 3.65. The van der Waals surface area contributed by atoms with Crippen LogP contribution in [0.15, 0.2) is 35.5 Å². The maximum absolute atomic E-state index is 12.0. The van der Waals surface area contributed by atoms with Crippen LogP contribution in [0.1, 0.15) is 16.2 Å². The zero-order chi connectivity index (χ0) is 14.0. The minimum atomic E-state index is -3.40. The highest BCUT2D eigenvalue weighted by Gasteiger charge is 2.14. The van der Waals surface area contributed by atoms with Crippen molar-refractivity contribution < 1.29 is 13.2 Å². The number of hydrogen-bond donors (Lipinski definition) is 2. The summed E-state index contributed by atoms with van der Waals surface area (Å²) in [4.78, 5) is 18.8. The van der Waals surface area contributed by atoms with Gasteiger partial charge in [0.2, 0.25) is 0 Å². The molecule has 0 atom stereocenters. The molecule has 0 radical (unpaired) electrons. The number of carbonyl (C=O) groups excluding carboxylic acids is 1. The highest BCUT2D eigenvalue weighted by molar-refractivity contribution is 7.90. The molecule has 0 bridgehead atoms. The lowest BCUT2D eigenvalue weighted by Gasteiger charge is -2.05. The molecule has 0 spiro atoms. The summed E-state index contributed by atoms with van der Waals surface area (Å²) in [5.41, 5.74) is 6.13. The van der Waals surface area contributed by atoms with Crippen molar-refractivity contribution in [3.8, 4) is 0 Å². The number of aromatic amines is 1. The van der Waals surface area contributed by atoms with Crippen molar-refractivity contribution in [3.63, 3.8) is 0 Å². The van der Waals surface area contributed by atoms with Crippen LogP contribution in [-0.4, -0.2) is 30.4 Å². The Bertz CT molecular complexity index is 706. The molecule has 1 aromatic heterocycles. The van der Waals surface area contributed by atoms with E-state index >= 15 is 0 Å². The van der Waals surface area contributed by atoms with Gasteiger partial charge in [0, 0.05) is 29.9 Å². The highest BCUT2D eigenvalue weighted by Crippen LogP contribution is 2.18. The molecule has 0 fully saturated rings. The van der Waals surface area contributed by atoms with Gasteiger partial charge in [0.05, 0.1) is 11.3 Å². The van der Waals surface area contributed by atoms with E-state index in [4.69, 9.17) is 5.73 Å². The largest absolute Gasteiger partial charge is 0.399 e. The van der Waals surface area contributed by atoms with Crippen molar-refractivity contribution >= 4 is 21.3 Å². The van der Waals surface area contributed by atoms with Crippen LogP contribution in [0, 0.1) is 0 Å². The van der Waals surface area contributed by atoms with E-state index in [1.807, 2.05) is 0 Å². The van der Waals surface area contributed by atoms with Gasteiger partial charge in [-0.1, -0.05) is 0 Å². The van der Waals surface area contributed by atoms with Crippen LogP contribution in [0.2, 0.25) is 0 Å². The number of Topliss-reactive ketones (excluding diaryl/α,β-unsaturated/α-hetero) is 1. The molecule has 1 aromatic carbocycles. The van der Waals surface area contributed by atoms with Crippen LogP contribution in [0.3, 0.4) is 0 Å². The Labute approximate surface area is 110 Å². The fourth-order valence-electron chi connectivity index (χ4n) is 1.65. The van der Waals surface area contributed by atoms with E-state index in [1.54, 1.807) is 12.4 Å². The smallest absolute Gasteiger partial charge is 0.175 e. The first-order valence-electron chi connectivity index (χ1n) is 5.48. The van der Waals surface area contributed by atoms with Gasteiger partial charge in [0.25, 0.3) is 0 Å². The Morgan fingerprint density at radius 1 is 1.37 bits per heavy atom. The minimum Gasteiger partial charge on any atom is -0.399 e. The Kier molecular flexibility index (Phi) is 3.39. The molecule has 2 aromatic rings. The normalized spacial score (nSPS) is 11.4. The van der Waals surface area contributed by atoms with Crippen molar-refractivity contribution in [1.29, 1.82) is 0 Å². The Morgan fingerprint density at radius 3 is 2.68 bits per heavy atom. The van der Waals surface area contributed by atoms with E-state index in [-0.39, 0.29) is 28.4 Å². The second kappa shape index (κ2) is 4.85. The van der Waals surface area contributed by atoms with E-state index in [9.17, 15) is 13.2 Å². The van der Waals surface area contributed by atoms with Crippen LogP contribution < -0.4 is 5.73 Å². The van der Waals surface area contributed by atoms with Crippen molar-refractivity contribution in [2.45, 2.75) is 11.3 Å². The molecular formula is C12H13N3O3S. The van der Waals surface area contributed by atoms with Crippen LogP contribution in [-0.2, 0) is 16.3 Å². The number of ketones is 1. The predicted octanol–water partition coefficient (Wildman–Crippen LogP) is 0.821. The maximum Gasteiger partial charge on any atom is 0.175 e. The quantitative estimate of drug-likeness (QED) is 0.636. The van der Waals surface area contributed by atoms with Gasteiger partial charge in [0.15, 0.2) is 15.6 Å². The minimum absolute atomic E-state index is 0.0373. The number of hydrogen-bond acceptors (Lipinski definition) is 5. The first-order chi connectivity index (χ1) is 8.86. The first kappa shape index (κ1) is 13.3. The van der Waals surface area contributed by atoms with E-state index in [0.717, 1.165) is 6.26 Å². The van der Waals surface area contributed by atoms with E-state index in [1.165, 1.54) is 18.2 Å². The zero-order valence-corrected chi connectivity index (χ0v) is 11.1. The molecule has 7 heteroatoms. The molecule has 6 nitrogen and oxygen atoms in total. The summed E-state index contributed by atoms with van der Waals surface area (Å²) in [6, 6.07) is 4.12. The molecule has 3 N–H and O–H groups in total.